The van der Waals surface area contributed by atoms with Crippen LogP contribution in [0.2, 0.25) is 0 Å². The lowest BCUT2D eigenvalue weighted by Gasteiger charge is -2.33. The predicted octanol–water partition coefficient (Wildman–Crippen LogP) is 1.36. The van der Waals surface area contributed by atoms with Crippen molar-refractivity contribution in [3.63, 3.8) is 0 Å². The van der Waals surface area contributed by atoms with Crippen LogP contribution in [0.4, 0.5) is 5.82 Å². The van der Waals surface area contributed by atoms with Gasteiger partial charge in [-0.1, -0.05) is 0 Å². The zero-order valence-electron chi connectivity index (χ0n) is 14.4. The SMILES string of the molecule is Cn1cnc2cc(C(=O)N[C@H]3CCOC[C@H]3Nc3ccncn3)ccc21. The van der Waals surface area contributed by atoms with Gasteiger partial charge in [-0.25, -0.2) is 15.0 Å². The van der Waals surface area contributed by atoms with Crippen molar-refractivity contribution >= 4 is 22.8 Å². The van der Waals surface area contributed by atoms with E-state index in [1.807, 2.05) is 29.8 Å². The standard InChI is InChI=1S/C18H20N6O2/c1-24-11-21-14-8-12(2-3-16(14)24)18(25)23-13-5-7-26-9-15(13)22-17-4-6-19-10-20-17/h2-4,6,8,10-11,13,15H,5,7,9H2,1H3,(H,23,25)(H,19,20,22)/t13-,15+/m0/s1. The number of nitrogens with zero attached hydrogens (tertiary/aromatic N) is 4. The molecule has 8 nitrogen and oxygen atoms in total. The molecule has 2 N–H and O–H groups in total. The zero-order valence-corrected chi connectivity index (χ0v) is 14.4. The van der Waals surface area contributed by atoms with E-state index in [4.69, 9.17) is 4.74 Å². The molecule has 0 spiro atoms. The molecule has 1 aliphatic heterocycles. The Morgan fingerprint density at radius 3 is 3.04 bits per heavy atom. The van der Waals surface area contributed by atoms with Gasteiger partial charge in [0.15, 0.2) is 0 Å². The molecule has 0 radical (unpaired) electrons. The normalized spacial score (nSPS) is 20.0. The monoisotopic (exact) mass is 352 g/mol. The number of aryl methyl sites for hydroxylation is 1. The average Bonchev–Trinajstić information content (AvgIpc) is 3.04. The van der Waals surface area contributed by atoms with Crippen LogP contribution in [-0.2, 0) is 11.8 Å². The van der Waals surface area contributed by atoms with Gasteiger partial charge in [-0.15, -0.1) is 0 Å². The van der Waals surface area contributed by atoms with E-state index < -0.39 is 0 Å². The Morgan fingerprint density at radius 1 is 1.27 bits per heavy atom. The Kier molecular flexibility index (Phi) is 4.49. The van der Waals surface area contributed by atoms with E-state index in [2.05, 4.69) is 25.6 Å². The molecule has 1 aliphatic rings. The maximum atomic E-state index is 12.7. The number of carbonyl (C=O) groups is 1. The number of imidazole rings is 1. The second-order valence-electron chi connectivity index (χ2n) is 6.35. The van der Waals surface area contributed by atoms with Crippen LogP contribution < -0.4 is 10.6 Å². The summed E-state index contributed by atoms with van der Waals surface area (Å²) in [5, 5.41) is 6.43. The number of amides is 1. The van der Waals surface area contributed by atoms with E-state index in [1.165, 1.54) is 6.33 Å². The van der Waals surface area contributed by atoms with Gasteiger partial charge in [0.05, 0.1) is 36.1 Å². The van der Waals surface area contributed by atoms with E-state index in [0.29, 0.717) is 24.6 Å². The fourth-order valence-corrected chi connectivity index (χ4v) is 3.15. The van der Waals surface area contributed by atoms with Gasteiger partial charge >= 0.3 is 0 Å². The van der Waals surface area contributed by atoms with Crippen molar-refractivity contribution in [1.29, 1.82) is 0 Å². The van der Waals surface area contributed by atoms with E-state index in [9.17, 15) is 4.79 Å². The van der Waals surface area contributed by atoms with Crippen molar-refractivity contribution in [2.75, 3.05) is 18.5 Å². The molecule has 0 unspecified atom stereocenters. The molecule has 8 heteroatoms. The van der Waals surface area contributed by atoms with E-state index in [0.717, 1.165) is 17.5 Å². The van der Waals surface area contributed by atoms with Crippen LogP contribution in [0, 0.1) is 0 Å². The number of benzene rings is 1. The van der Waals surface area contributed by atoms with Crippen molar-refractivity contribution < 1.29 is 9.53 Å². The molecule has 2 aromatic heterocycles. The van der Waals surface area contributed by atoms with Gasteiger partial charge < -0.3 is 19.9 Å². The summed E-state index contributed by atoms with van der Waals surface area (Å²) in [4.78, 5) is 25.1. The molecule has 26 heavy (non-hydrogen) atoms. The second kappa shape index (κ2) is 7.09. The number of hydrogen-bond donors (Lipinski definition) is 2. The minimum Gasteiger partial charge on any atom is -0.379 e. The zero-order chi connectivity index (χ0) is 17.9. The third-order valence-electron chi connectivity index (χ3n) is 4.58. The lowest BCUT2D eigenvalue weighted by atomic mass is 10.0. The maximum absolute atomic E-state index is 12.7. The Balaban J connectivity index is 1.48. The van der Waals surface area contributed by atoms with Gasteiger partial charge in [0.2, 0.25) is 0 Å². The number of nitrogens with one attached hydrogen (secondary N) is 2. The first-order valence-corrected chi connectivity index (χ1v) is 8.53. The first kappa shape index (κ1) is 16.5. The number of carbonyl (C=O) groups excluding carboxylic acids is 1. The van der Waals surface area contributed by atoms with E-state index >= 15 is 0 Å². The second-order valence-corrected chi connectivity index (χ2v) is 6.35. The summed E-state index contributed by atoms with van der Waals surface area (Å²) in [6, 6.07) is 7.25. The third kappa shape index (κ3) is 3.36. The number of anilines is 1. The Bertz CT molecular complexity index is 910. The summed E-state index contributed by atoms with van der Waals surface area (Å²) in [5.41, 5.74) is 2.40. The molecule has 1 saturated heterocycles. The molecular formula is C18H20N6O2. The molecule has 134 valence electrons. The van der Waals surface area contributed by atoms with Crippen molar-refractivity contribution in [2.45, 2.75) is 18.5 Å². The number of ether oxygens (including phenoxy) is 1. The third-order valence-corrected chi connectivity index (χ3v) is 4.58. The quantitative estimate of drug-likeness (QED) is 0.736. The molecule has 2 atom stereocenters. The van der Waals surface area contributed by atoms with Gasteiger partial charge in [0.1, 0.15) is 12.1 Å². The molecule has 3 heterocycles. The van der Waals surface area contributed by atoms with Crippen LogP contribution >= 0.6 is 0 Å². The van der Waals surface area contributed by atoms with Crippen molar-refractivity contribution in [2.24, 2.45) is 7.05 Å². The van der Waals surface area contributed by atoms with Crippen LogP contribution in [0.25, 0.3) is 11.0 Å². The number of hydrogen-bond acceptors (Lipinski definition) is 6. The molecule has 0 bridgehead atoms. The maximum Gasteiger partial charge on any atom is 0.251 e. The van der Waals surface area contributed by atoms with Crippen LogP contribution in [0.3, 0.4) is 0 Å². The van der Waals surface area contributed by atoms with Gasteiger partial charge in [-0.3, -0.25) is 4.79 Å². The molecule has 3 aromatic rings. The summed E-state index contributed by atoms with van der Waals surface area (Å²) in [7, 11) is 1.93. The number of rotatable bonds is 4. The van der Waals surface area contributed by atoms with Crippen LogP contribution in [0.15, 0.2) is 43.1 Å². The first-order chi connectivity index (χ1) is 12.7. The lowest BCUT2D eigenvalue weighted by molar-refractivity contribution is 0.0620. The lowest BCUT2D eigenvalue weighted by Crippen LogP contribution is -2.52. The highest BCUT2D eigenvalue weighted by Gasteiger charge is 2.28. The minimum absolute atomic E-state index is 0.0503. The average molecular weight is 352 g/mol. The Morgan fingerprint density at radius 2 is 2.19 bits per heavy atom. The van der Waals surface area contributed by atoms with Gasteiger partial charge in [-0.05, 0) is 30.7 Å². The highest BCUT2D eigenvalue weighted by atomic mass is 16.5. The van der Waals surface area contributed by atoms with E-state index in [1.54, 1.807) is 18.6 Å². The molecule has 1 fully saturated rings. The summed E-state index contributed by atoms with van der Waals surface area (Å²) >= 11 is 0. The van der Waals surface area contributed by atoms with Crippen LogP contribution in [-0.4, -0.2) is 50.7 Å². The topological polar surface area (TPSA) is 94.0 Å². The van der Waals surface area contributed by atoms with Crippen LogP contribution in [0.5, 0.6) is 0 Å². The number of aromatic nitrogens is 4. The Hall–Kier alpha value is -3.00. The summed E-state index contributed by atoms with van der Waals surface area (Å²) in [6.45, 7) is 1.13. The van der Waals surface area contributed by atoms with Gasteiger partial charge in [0.25, 0.3) is 5.91 Å². The fraction of sp³-hybridized carbons (Fsp3) is 0.333. The fourth-order valence-electron chi connectivity index (χ4n) is 3.15. The minimum atomic E-state index is -0.112. The molecule has 1 aromatic carbocycles. The van der Waals surface area contributed by atoms with Crippen molar-refractivity contribution in [3.8, 4) is 0 Å². The van der Waals surface area contributed by atoms with E-state index in [-0.39, 0.29) is 18.0 Å². The van der Waals surface area contributed by atoms with Crippen LogP contribution in [0.1, 0.15) is 16.8 Å². The predicted molar refractivity (Wildman–Crippen MR) is 96.8 cm³/mol. The summed E-state index contributed by atoms with van der Waals surface area (Å²) in [6.07, 6.45) is 5.64. The van der Waals surface area contributed by atoms with Gasteiger partial charge in [0, 0.05) is 25.4 Å². The number of fused-ring (bicyclic) bond motifs is 1. The van der Waals surface area contributed by atoms with Gasteiger partial charge in [-0.2, -0.15) is 0 Å². The highest BCUT2D eigenvalue weighted by molar-refractivity contribution is 5.97. The highest BCUT2D eigenvalue weighted by Crippen LogP contribution is 2.16. The largest absolute Gasteiger partial charge is 0.379 e. The molecule has 4 rings (SSSR count). The molecule has 0 saturated carbocycles. The summed E-state index contributed by atoms with van der Waals surface area (Å²) < 4.78 is 7.49. The molecular weight excluding hydrogens is 332 g/mol. The molecule has 0 aliphatic carbocycles. The Labute approximate surface area is 150 Å². The summed E-state index contributed by atoms with van der Waals surface area (Å²) in [5.74, 6) is 0.601. The molecule has 1 amide bonds. The first-order valence-electron chi connectivity index (χ1n) is 8.53. The van der Waals surface area contributed by atoms with Crippen molar-refractivity contribution in [1.82, 2.24) is 24.8 Å². The smallest absolute Gasteiger partial charge is 0.251 e. The van der Waals surface area contributed by atoms with Crippen molar-refractivity contribution in [3.05, 3.63) is 48.7 Å².